The van der Waals surface area contributed by atoms with E-state index in [2.05, 4.69) is 10.1 Å². The van der Waals surface area contributed by atoms with Gasteiger partial charge in [-0.2, -0.15) is 5.10 Å². The van der Waals surface area contributed by atoms with Crippen LogP contribution < -0.4 is 0 Å². The van der Waals surface area contributed by atoms with Crippen LogP contribution in [0.25, 0.3) is 0 Å². The first-order valence-electron chi connectivity index (χ1n) is 4.59. The van der Waals surface area contributed by atoms with Gasteiger partial charge in [0.1, 0.15) is 10.7 Å². The predicted octanol–water partition coefficient (Wildman–Crippen LogP) is 1.61. The van der Waals surface area contributed by atoms with E-state index in [1.54, 1.807) is 24.0 Å². The Balaban J connectivity index is 2.18. The quantitative estimate of drug-likeness (QED) is 0.740. The third-order valence-electron chi connectivity index (χ3n) is 2.08. The molecular weight excluding hydrogens is 210 g/mol. The second-order valence-electron chi connectivity index (χ2n) is 3.32. The molecule has 0 aliphatic rings. The van der Waals surface area contributed by atoms with E-state index in [1.807, 2.05) is 12.3 Å². The largest absolute Gasteiger partial charge is 0.292 e. The van der Waals surface area contributed by atoms with Gasteiger partial charge in [0.2, 0.25) is 0 Å². The molecule has 0 bridgehead atoms. The van der Waals surface area contributed by atoms with Crippen LogP contribution in [-0.2, 0) is 13.5 Å². The average Bonchev–Trinajstić information content (AvgIpc) is 2.75. The average molecular weight is 221 g/mol. The number of nitrogens with zero attached hydrogens (tertiary/aromatic N) is 3. The third-order valence-corrected chi connectivity index (χ3v) is 2.86. The molecule has 0 N–H and O–H groups in total. The van der Waals surface area contributed by atoms with Gasteiger partial charge in [0.05, 0.1) is 12.1 Å². The summed E-state index contributed by atoms with van der Waals surface area (Å²) in [5.74, 6) is 0.0630. The summed E-state index contributed by atoms with van der Waals surface area (Å²) in [5.41, 5.74) is 1.50. The van der Waals surface area contributed by atoms with Gasteiger partial charge in [0.25, 0.3) is 0 Å². The minimum absolute atomic E-state index is 0.0630. The number of carbonyl (C=O) groups is 1. The molecule has 0 spiro atoms. The minimum Gasteiger partial charge on any atom is -0.292 e. The zero-order valence-corrected chi connectivity index (χ0v) is 9.41. The van der Waals surface area contributed by atoms with Crippen molar-refractivity contribution in [2.24, 2.45) is 7.05 Å². The van der Waals surface area contributed by atoms with Gasteiger partial charge in [-0.1, -0.05) is 0 Å². The van der Waals surface area contributed by atoms with Crippen molar-refractivity contribution in [3.8, 4) is 0 Å². The molecular formula is C10H11N3OS. The SMILES string of the molecule is Cc1cc(C(=O)Cc2nccs2)n(C)n1. The number of Topliss-reactive ketones (excluding diaryl/α,β-unsaturated/α-hetero) is 1. The number of rotatable bonds is 3. The molecule has 0 saturated carbocycles. The molecule has 0 aliphatic carbocycles. The lowest BCUT2D eigenvalue weighted by molar-refractivity contribution is 0.0984. The summed E-state index contributed by atoms with van der Waals surface area (Å²) in [4.78, 5) is 15.9. The van der Waals surface area contributed by atoms with Crippen molar-refractivity contribution in [3.05, 3.63) is 34.0 Å². The Bertz CT molecular complexity index is 473. The normalized spacial score (nSPS) is 10.5. The van der Waals surface area contributed by atoms with E-state index in [9.17, 15) is 4.79 Å². The Morgan fingerprint density at radius 1 is 1.60 bits per heavy atom. The Hall–Kier alpha value is -1.49. The Kier molecular flexibility index (Phi) is 2.64. The van der Waals surface area contributed by atoms with E-state index < -0.39 is 0 Å². The lowest BCUT2D eigenvalue weighted by Crippen LogP contribution is -2.09. The van der Waals surface area contributed by atoms with Crippen LogP contribution in [0, 0.1) is 6.92 Å². The van der Waals surface area contributed by atoms with Gasteiger partial charge < -0.3 is 0 Å². The van der Waals surface area contributed by atoms with E-state index in [-0.39, 0.29) is 5.78 Å². The van der Waals surface area contributed by atoms with Crippen LogP contribution >= 0.6 is 11.3 Å². The number of ketones is 1. The number of hydrogen-bond donors (Lipinski definition) is 0. The molecule has 0 aromatic carbocycles. The molecule has 78 valence electrons. The summed E-state index contributed by atoms with van der Waals surface area (Å²) in [6, 6.07) is 1.80. The second kappa shape index (κ2) is 3.94. The minimum atomic E-state index is 0.0630. The number of hydrogen-bond acceptors (Lipinski definition) is 4. The van der Waals surface area contributed by atoms with Gasteiger partial charge in [-0.15, -0.1) is 11.3 Å². The van der Waals surface area contributed by atoms with E-state index >= 15 is 0 Å². The van der Waals surface area contributed by atoms with Gasteiger partial charge in [0.15, 0.2) is 5.78 Å². The van der Waals surface area contributed by atoms with Gasteiger partial charge >= 0.3 is 0 Å². The number of aryl methyl sites for hydroxylation is 2. The lowest BCUT2D eigenvalue weighted by atomic mass is 10.2. The Morgan fingerprint density at radius 3 is 2.93 bits per heavy atom. The maximum absolute atomic E-state index is 11.9. The summed E-state index contributed by atoms with van der Waals surface area (Å²) in [7, 11) is 1.78. The third kappa shape index (κ3) is 2.12. The maximum atomic E-state index is 11.9. The molecule has 15 heavy (non-hydrogen) atoms. The van der Waals surface area contributed by atoms with Gasteiger partial charge in [-0.3, -0.25) is 9.48 Å². The molecule has 2 aromatic heterocycles. The summed E-state index contributed by atoms with van der Waals surface area (Å²) in [6.07, 6.45) is 2.07. The van der Waals surface area contributed by atoms with Gasteiger partial charge in [-0.05, 0) is 13.0 Å². The molecule has 0 radical (unpaired) electrons. The fraction of sp³-hybridized carbons (Fsp3) is 0.300. The highest BCUT2D eigenvalue weighted by molar-refractivity contribution is 7.09. The standard InChI is InChI=1S/C10H11N3OS/c1-7-5-8(13(2)12-7)9(14)6-10-11-3-4-15-10/h3-5H,6H2,1-2H3. The van der Waals surface area contributed by atoms with Crippen LogP contribution in [0.5, 0.6) is 0 Å². The molecule has 4 nitrogen and oxygen atoms in total. The zero-order valence-electron chi connectivity index (χ0n) is 8.60. The van der Waals surface area contributed by atoms with Crippen LogP contribution in [0.4, 0.5) is 0 Å². The van der Waals surface area contributed by atoms with E-state index in [1.165, 1.54) is 11.3 Å². The molecule has 0 atom stereocenters. The van der Waals surface area contributed by atoms with Crippen molar-refractivity contribution < 1.29 is 4.79 Å². The smallest absolute Gasteiger partial charge is 0.187 e. The summed E-state index contributed by atoms with van der Waals surface area (Å²) in [6.45, 7) is 1.88. The van der Waals surface area contributed by atoms with Crippen LogP contribution in [0.15, 0.2) is 17.6 Å². The van der Waals surface area contributed by atoms with Crippen LogP contribution in [0.1, 0.15) is 21.2 Å². The maximum Gasteiger partial charge on any atom is 0.187 e. The Morgan fingerprint density at radius 2 is 2.40 bits per heavy atom. The first-order chi connectivity index (χ1) is 7.16. The molecule has 5 heteroatoms. The molecule has 2 heterocycles. The van der Waals surface area contributed by atoms with Crippen molar-refractivity contribution in [1.82, 2.24) is 14.8 Å². The van der Waals surface area contributed by atoms with Crippen molar-refractivity contribution in [1.29, 1.82) is 0 Å². The highest BCUT2D eigenvalue weighted by atomic mass is 32.1. The number of thiazole rings is 1. The van der Waals surface area contributed by atoms with E-state index in [0.29, 0.717) is 12.1 Å². The molecule has 0 amide bonds. The Labute approximate surface area is 91.6 Å². The van der Waals surface area contributed by atoms with Crippen molar-refractivity contribution in [2.45, 2.75) is 13.3 Å². The van der Waals surface area contributed by atoms with E-state index in [0.717, 1.165) is 10.7 Å². The molecule has 0 fully saturated rings. The highest BCUT2D eigenvalue weighted by Gasteiger charge is 2.13. The highest BCUT2D eigenvalue weighted by Crippen LogP contribution is 2.10. The van der Waals surface area contributed by atoms with Crippen LogP contribution in [0.3, 0.4) is 0 Å². The molecule has 0 unspecified atom stereocenters. The van der Waals surface area contributed by atoms with Crippen LogP contribution in [0.2, 0.25) is 0 Å². The van der Waals surface area contributed by atoms with Gasteiger partial charge in [0, 0.05) is 18.6 Å². The first kappa shape index (κ1) is 10.0. The van der Waals surface area contributed by atoms with Crippen molar-refractivity contribution >= 4 is 17.1 Å². The van der Waals surface area contributed by atoms with Crippen molar-refractivity contribution in [2.75, 3.05) is 0 Å². The monoisotopic (exact) mass is 221 g/mol. The summed E-state index contributed by atoms with van der Waals surface area (Å²) < 4.78 is 1.62. The van der Waals surface area contributed by atoms with Gasteiger partial charge in [-0.25, -0.2) is 4.98 Å². The summed E-state index contributed by atoms with van der Waals surface area (Å²) >= 11 is 1.50. The topological polar surface area (TPSA) is 47.8 Å². The molecule has 0 saturated heterocycles. The molecule has 0 aliphatic heterocycles. The lowest BCUT2D eigenvalue weighted by Gasteiger charge is -1.98. The fourth-order valence-corrected chi connectivity index (χ4v) is 2.05. The van der Waals surface area contributed by atoms with Crippen LogP contribution in [-0.4, -0.2) is 20.5 Å². The second-order valence-corrected chi connectivity index (χ2v) is 4.30. The first-order valence-corrected chi connectivity index (χ1v) is 5.47. The fourth-order valence-electron chi connectivity index (χ4n) is 1.44. The zero-order chi connectivity index (χ0) is 10.8. The summed E-state index contributed by atoms with van der Waals surface area (Å²) in [5, 5.41) is 6.86. The molecule has 2 aromatic rings. The van der Waals surface area contributed by atoms with E-state index in [4.69, 9.17) is 0 Å². The molecule has 2 rings (SSSR count). The number of carbonyl (C=O) groups excluding carboxylic acids is 1. The number of aromatic nitrogens is 3. The predicted molar refractivity (Wildman–Crippen MR) is 58.1 cm³/mol. The van der Waals surface area contributed by atoms with Crippen molar-refractivity contribution in [3.63, 3.8) is 0 Å².